The van der Waals surface area contributed by atoms with Crippen LogP contribution in [0.1, 0.15) is 63.9 Å². The van der Waals surface area contributed by atoms with Crippen molar-refractivity contribution in [3.8, 4) is 0 Å². The van der Waals surface area contributed by atoms with Gasteiger partial charge in [0.2, 0.25) is 0 Å². The molecule has 1 aromatic rings. The molecule has 0 saturated heterocycles. The molecule has 0 aliphatic heterocycles. The Morgan fingerprint density at radius 3 is 2.17 bits per heavy atom. The lowest BCUT2D eigenvalue weighted by atomic mass is 9.68. The normalized spacial score (nSPS) is 16.3. The minimum absolute atomic E-state index is 0.543. The lowest BCUT2D eigenvalue weighted by molar-refractivity contribution is -0.0101. The van der Waals surface area contributed by atoms with E-state index in [1.54, 1.807) is 0 Å². The Kier molecular flexibility index (Phi) is 8.63. The van der Waals surface area contributed by atoms with Crippen molar-refractivity contribution in [3.63, 3.8) is 0 Å². The Labute approximate surface area is 150 Å². The summed E-state index contributed by atoms with van der Waals surface area (Å²) in [5, 5.41) is 0. The highest BCUT2D eigenvalue weighted by Crippen LogP contribution is 2.43. The predicted octanol–water partition coefficient (Wildman–Crippen LogP) is 6.12. The van der Waals surface area contributed by atoms with Gasteiger partial charge in [0, 0.05) is 17.7 Å². The molecule has 3 heteroatoms. The van der Waals surface area contributed by atoms with Gasteiger partial charge in [-0.3, -0.25) is 0 Å². The molecule has 1 saturated carbocycles. The number of hydrogen-bond acceptors (Lipinski definition) is 2. The molecule has 0 amide bonds. The number of ether oxygens (including phenoxy) is 2. The zero-order valence-electron chi connectivity index (χ0n) is 14.5. The fraction of sp³-hybridized carbons (Fsp3) is 0.700. The molecule has 0 radical (unpaired) electrons. The molecule has 23 heavy (non-hydrogen) atoms. The van der Waals surface area contributed by atoms with Crippen molar-refractivity contribution in [1.29, 1.82) is 0 Å². The molecule has 0 unspecified atom stereocenters. The number of unbranched alkanes of at least 4 members (excludes halogenated alkanes) is 3. The van der Waals surface area contributed by atoms with Crippen molar-refractivity contribution < 1.29 is 9.47 Å². The van der Waals surface area contributed by atoms with Crippen molar-refractivity contribution in [2.24, 2.45) is 5.41 Å². The highest BCUT2D eigenvalue weighted by molar-refractivity contribution is 9.10. The van der Waals surface area contributed by atoms with Gasteiger partial charge in [-0.2, -0.15) is 0 Å². The Bertz CT molecular complexity index is 420. The molecule has 1 aliphatic carbocycles. The molecule has 1 aliphatic rings. The summed E-state index contributed by atoms with van der Waals surface area (Å²) in [6.07, 6.45) is 10.3. The van der Waals surface area contributed by atoms with Crippen LogP contribution >= 0.6 is 15.9 Å². The van der Waals surface area contributed by atoms with Crippen LogP contribution in [0.25, 0.3) is 0 Å². The van der Waals surface area contributed by atoms with E-state index in [2.05, 4.69) is 47.1 Å². The fourth-order valence-electron chi connectivity index (χ4n) is 3.10. The summed E-state index contributed by atoms with van der Waals surface area (Å²) in [4.78, 5) is 0. The molecular formula is C20H31BrO2. The molecule has 0 heterocycles. The molecule has 130 valence electrons. The van der Waals surface area contributed by atoms with Gasteiger partial charge in [0.25, 0.3) is 0 Å². The third-order valence-corrected chi connectivity index (χ3v) is 5.61. The number of halogens is 1. The topological polar surface area (TPSA) is 18.5 Å². The van der Waals surface area contributed by atoms with Crippen molar-refractivity contribution in [2.45, 2.75) is 64.9 Å². The first-order valence-corrected chi connectivity index (χ1v) is 9.93. The maximum atomic E-state index is 5.89. The Morgan fingerprint density at radius 2 is 1.61 bits per heavy atom. The average molecular weight is 383 g/mol. The second kappa shape index (κ2) is 10.5. The SMILES string of the molecule is CCC1(COCCCCCCOCc2ccc(Br)cc2)CCC1. The summed E-state index contributed by atoms with van der Waals surface area (Å²) in [5.74, 6) is 0. The van der Waals surface area contributed by atoms with Gasteiger partial charge in [0.15, 0.2) is 0 Å². The molecule has 0 bridgehead atoms. The van der Waals surface area contributed by atoms with Crippen LogP contribution in [0.5, 0.6) is 0 Å². The van der Waals surface area contributed by atoms with Gasteiger partial charge < -0.3 is 9.47 Å². The molecular weight excluding hydrogens is 352 g/mol. The number of rotatable bonds is 12. The maximum Gasteiger partial charge on any atom is 0.0716 e. The molecule has 1 aromatic carbocycles. The second-order valence-electron chi connectivity index (χ2n) is 6.85. The summed E-state index contributed by atoms with van der Waals surface area (Å²) >= 11 is 3.44. The summed E-state index contributed by atoms with van der Waals surface area (Å²) in [5.41, 5.74) is 1.78. The fourth-order valence-corrected chi connectivity index (χ4v) is 3.36. The average Bonchev–Trinajstić information content (AvgIpc) is 2.53. The standard InChI is InChI=1S/C20H31BrO2/c1-2-20(12-7-13-20)17-23-15-6-4-3-5-14-22-16-18-8-10-19(21)11-9-18/h8-11H,2-7,12-17H2,1H3. The Balaban J connectivity index is 1.37. The van der Waals surface area contributed by atoms with Gasteiger partial charge in [-0.15, -0.1) is 0 Å². The summed E-state index contributed by atoms with van der Waals surface area (Å²) < 4.78 is 12.7. The summed E-state index contributed by atoms with van der Waals surface area (Å²) in [6, 6.07) is 8.33. The first kappa shape index (κ1) is 19.0. The second-order valence-corrected chi connectivity index (χ2v) is 7.77. The quantitative estimate of drug-likeness (QED) is 0.405. The first-order valence-electron chi connectivity index (χ1n) is 9.14. The van der Waals surface area contributed by atoms with Crippen LogP contribution in [-0.4, -0.2) is 19.8 Å². The van der Waals surface area contributed by atoms with Crippen LogP contribution in [0.2, 0.25) is 0 Å². The smallest absolute Gasteiger partial charge is 0.0716 e. The Morgan fingerprint density at radius 1 is 0.957 bits per heavy atom. The van der Waals surface area contributed by atoms with Crippen molar-refractivity contribution in [1.82, 2.24) is 0 Å². The monoisotopic (exact) mass is 382 g/mol. The van der Waals surface area contributed by atoms with Crippen molar-refractivity contribution >= 4 is 15.9 Å². The first-order chi connectivity index (χ1) is 11.2. The van der Waals surface area contributed by atoms with Crippen LogP contribution in [0.15, 0.2) is 28.7 Å². The van der Waals surface area contributed by atoms with E-state index >= 15 is 0 Å². The minimum atomic E-state index is 0.543. The highest BCUT2D eigenvalue weighted by Gasteiger charge is 2.34. The molecule has 2 nitrogen and oxygen atoms in total. The third kappa shape index (κ3) is 6.94. The van der Waals surface area contributed by atoms with Gasteiger partial charge in [-0.1, -0.05) is 54.2 Å². The zero-order chi connectivity index (χ0) is 16.4. The van der Waals surface area contributed by atoms with Crippen LogP contribution in [0, 0.1) is 5.41 Å². The van der Waals surface area contributed by atoms with Crippen LogP contribution < -0.4 is 0 Å². The number of hydrogen-bond donors (Lipinski definition) is 0. The van der Waals surface area contributed by atoms with Gasteiger partial charge in [-0.05, 0) is 55.2 Å². The van der Waals surface area contributed by atoms with E-state index in [0.29, 0.717) is 5.41 Å². The van der Waals surface area contributed by atoms with Gasteiger partial charge in [0.1, 0.15) is 0 Å². The highest BCUT2D eigenvalue weighted by atomic mass is 79.9. The minimum Gasteiger partial charge on any atom is -0.381 e. The molecule has 1 fully saturated rings. The molecule has 0 N–H and O–H groups in total. The van der Waals surface area contributed by atoms with Gasteiger partial charge in [0.05, 0.1) is 13.2 Å². The largest absolute Gasteiger partial charge is 0.381 e. The van der Waals surface area contributed by atoms with Crippen LogP contribution in [0.4, 0.5) is 0 Å². The van der Waals surface area contributed by atoms with E-state index < -0.39 is 0 Å². The lowest BCUT2D eigenvalue weighted by Crippen LogP contribution is -2.33. The predicted molar refractivity (Wildman–Crippen MR) is 99.7 cm³/mol. The van der Waals surface area contributed by atoms with Crippen molar-refractivity contribution in [2.75, 3.05) is 19.8 Å². The van der Waals surface area contributed by atoms with Crippen molar-refractivity contribution in [3.05, 3.63) is 34.3 Å². The van der Waals surface area contributed by atoms with Crippen LogP contribution in [-0.2, 0) is 16.1 Å². The van der Waals surface area contributed by atoms with E-state index in [1.165, 1.54) is 50.5 Å². The van der Waals surface area contributed by atoms with E-state index in [0.717, 1.165) is 37.3 Å². The van der Waals surface area contributed by atoms with Gasteiger partial charge in [-0.25, -0.2) is 0 Å². The summed E-state index contributed by atoms with van der Waals surface area (Å²) in [6.45, 7) is 5.80. The molecule has 0 aromatic heterocycles. The zero-order valence-corrected chi connectivity index (χ0v) is 16.1. The molecule has 2 rings (SSSR count). The molecule has 0 atom stereocenters. The molecule has 0 spiro atoms. The van der Waals surface area contributed by atoms with Crippen LogP contribution in [0.3, 0.4) is 0 Å². The van der Waals surface area contributed by atoms with E-state index in [-0.39, 0.29) is 0 Å². The van der Waals surface area contributed by atoms with E-state index in [9.17, 15) is 0 Å². The number of benzene rings is 1. The van der Waals surface area contributed by atoms with Gasteiger partial charge >= 0.3 is 0 Å². The maximum absolute atomic E-state index is 5.89. The van der Waals surface area contributed by atoms with E-state index in [1.807, 2.05) is 0 Å². The third-order valence-electron chi connectivity index (χ3n) is 5.08. The lowest BCUT2D eigenvalue weighted by Gasteiger charge is -2.40. The summed E-state index contributed by atoms with van der Waals surface area (Å²) in [7, 11) is 0. The van der Waals surface area contributed by atoms with E-state index in [4.69, 9.17) is 9.47 Å². The Hall–Kier alpha value is -0.380.